The van der Waals surface area contributed by atoms with E-state index >= 15 is 0 Å². The highest BCUT2D eigenvalue weighted by molar-refractivity contribution is 6.24. The quantitative estimate of drug-likeness (QED) is 0.604. The molecule has 7 heteroatoms. The van der Waals surface area contributed by atoms with Gasteiger partial charge in [0.25, 0.3) is 23.6 Å². The molecule has 0 atom stereocenters. The summed E-state index contributed by atoms with van der Waals surface area (Å²) in [6.07, 6.45) is 0. The molecule has 2 aliphatic heterocycles. The molecule has 7 nitrogen and oxygen atoms in total. The summed E-state index contributed by atoms with van der Waals surface area (Å²) >= 11 is 0. The molecule has 0 aliphatic carbocycles. The van der Waals surface area contributed by atoms with Crippen LogP contribution in [0.3, 0.4) is 0 Å². The normalized spacial score (nSPS) is 15.6. The molecule has 4 rings (SSSR count). The zero-order valence-electron chi connectivity index (χ0n) is 13.9. The zero-order valence-corrected chi connectivity index (χ0v) is 13.9. The van der Waals surface area contributed by atoms with Crippen LogP contribution in [0.25, 0.3) is 0 Å². The Kier molecular flexibility index (Phi) is 3.17. The van der Waals surface area contributed by atoms with E-state index in [-0.39, 0.29) is 33.4 Å². The van der Waals surface area contributed by atoms with Gasteiger partial charge in [-0.15, -0.1) is 0 Å². The van der Waals surface area contributed by atoms with Crippen LogP contribution in [0.5, 0.6) is 0 Å². The third kappa shape index (κ3) is 1.97. The first kappa shape index (κ1) is 15.9. The summed E-state index contributed by atoms with van der Waals surface area (Å²) in [6, 6.07) is 8.60. The summed E-state index contributed by atoms with van der Waals surface area (Å²) in [5, 5.41) is 0. The highest BCUT2D eigenvalue weighted by Crippen LogP contribution is 2.26. The maximum atomic E-state index is 12.8. The largest absolute Gasteiger partial charge is 0.289 e. The smallest absolute Gasteiger partial charge is 0.261 e. The number of hydrogen-bond donors (Lipinski definition) is 0. The highest BCUT2D eigenvalue weighted by Gasteiger charge is 2.35. The van der Waals surface area contributed by atoms with Crippen LogP contribution >= 0.6 is 0 Å². The van der Waals surface area contributed by atoms with E-state index in [0.717, 1.165) is 9.80 Å². The lowest BCUT2D eigenvalue weighted by atomic mass is 9.96. The first-order valence-corrected chi connectivity index (χ1v) is 7.79. The van der Waals surface area contributed by atoms with Crippen molar-refractivity contribution in [3.8, 4) is 0 Å². The van der Waals surface area contributed by atoms with Gasteiger partial charge in [0.1, 0.15) is 0 Å². The highest BCUT2D eigenvalue weighted by atomic mass is 16.2. The number of carbonyl (C=O) groups excluding carboxylic acids is 5. The Bertz CT molecular complexity index is 986. The minimum atomic E-state index is -0.462. The molecule has 0 radical (unpaired) electrons. The number of hydrogen-bond acceptors (Lipinski definition) is 5. The van der Waals surface area contributed by atoms with E-state index < -0.39 is 29.4 Å². The van der Waals surface area contributed by atoms with Crippen LogP contribution in [0, 0.1) is 0 Å². The molecule has 26 heavy (non-hydrogen) atoms. The number of amides is 4. The fourth-order valence-electron chi connectivity index (χ4n) is 3.17. The Morgan fingerprint density at radius 3 is 1.35 bits per heavy atom. The number of fused-ring (bicyclic) bond motifs is 2. The second kappa shape index (κ2) is 5.19. The fraction of sp³-hybridized carbons (Fsp3) is 0.105. The van der Waals surface area contributed by atoms with Crippen LogP contribution in [0.15, 0.2) is 36.4 Å². The van der Waals surface area contributed by atoms with Gasteiger partial charge in [0.05, 0.1) is 22.3 Å². The maximum absolute atomic E-state index is 12.8. The molecule has 0 bridgehead atoms. The summed E-state index contributed by atoms with van der Waals surface area (Å²) < 4.78 is 0. The number of ketones is 1. The molecule has 0 unspecified atom stereocenters. The van der Waals surface area contributed by atoms with Gasteiger partial charge in [-0.05, 0) is 24.3 Å². The first-order chi connectivity index (χ1) is 12.3. The van der Waals surface area contributed by atoms with E-state index in [1.807, 2.05) is 0 Å². The summed E-state index contributed by atoms with van der Waals surface area (Å²) in [7, 11) is 2.76. The molecule has 128 valence electrons. The monoisotopic (exact) mass is 348 g/mol. The number of carbonyl (C=O) groups is 5. The number of imide groups is 2. The van der Waals surface area contributed by atoms with Crippen molar-refractivity contribution >= 4 is 29.4 Å². The summed E-state index contributed by atoms with van der Waals surface area (Å²) in [6.45, 7) is 0. The number of nitrogens with zero attached hydrogens (tertiary/aromatic N) is 2. The molecule has 2 aromatic carbocycles. The average molecular weight is 348 g/mol. The van der Waals surface area contributed by atoms with Crippen molar-refractivity contribution in [2.75, 3.05) is 14.1 Å². The van der Waals surface area contributed by atoms with Gasteiger partial charge in [-0.25, -0.2) is 0 Å². The molecule has 0 saturated heterocycles. The van der Waals surface area contributed by atoms with Crippen molar-refractivity contribution in [3.63, 3.8) is 0 Å². The van der Waals surface area contributed by atoms with Gasteiger partial charge in [-0.3, -0.25) is 33.8 Å². The second-order valence-corrected chi connectivity index (χ2v) is 6.19. The van der Waals surface area contributed by atoms with Crippen molar-refractivity contribution in [2.24, 2.45) is 0 Å². The topological polar surface area (TPSA) is 91.8 Å². The van der Waals surface area contributed by atoms with Gasteiger partial charge in [-0.1, -0.05) is 12.1 Å². The lowest BCUT2D eigenvalue weighted by molar-refractivity contribution is 0.0678. The van der Waals surface area contributed by atoms with Crippen LogP contribution in [0.1, 0.15) is 57.4 Å². The lowest BCUT2D eigenvalue weighted by Gasteiger charge is -2.04. The lowest BCUT2D eigenvalue weighted by Crippen LogP contribution is -2.24. The van der Waals surface area contributed by atoms with E-state index in [2.05, 4.69) is 0 Å². The van der Waals surface area contributed by atoms with Crippen LogP contribution in [-0.4, -0.2) is 53.3 Å². The van der Waals surface area contributed by atoms with E-state index in [1.54, 1.807) is 0 Å². The van der Waals surface area contributed by atoms with Crippen molar-refractivity contribution in [1.82, 2.24) is 9.80 Å². The molecular formula is C19H12N2O5. The fourth-order valence-corrected chi connectivity index (χ4v) is 3.17. The zero-order chi connectivity index (χ0) is 18.7. The Hall–Kier alpha value is -3.61. The molecule has 4 amide bonds. The van der Waals surface area contributed by atoms with Crippen molar-refractivity contribution < 1.29 is 24.0 Å². The van der Waals surface area contributed by atoms with E-state index in [0.29, 0.717) is 0 Å². The molecule has 0 saturated carbocycles. The molecule has 2 aromatic rings. The van der Waals surface area contributed by atoms with E-state index in [4.69, 9.17) is 0 Å². The van der Waals surface area contributed by atoms with Crippen molar-refractivity contribution in [3.05, 3.63) is 69.8 Å². The minimum absolute atomic E-state index is 0.176. The van der Waals surface area contributed by atoms with Gasteiger partial charge in [-0.2, -0.15) is 0 Å². The molecule has 0 aromatic heterocycles. The molecule has 0 N–H and O–H groups in total. The average Bonchev–Trinajstić information content (AvgIpc) is 3.01. The van der Waals surface area contributed by atoms with Crippen molar-refractivity contribution in [1.29, 1.82) is 0 Å². The maximum Gasteiger partial charge on any atom is 0.261 e. The summed E-state index contributed by atoms with van der Waals surface area (Å²) in [5.74, 6) is -2.14. The Morgan fingerprint density at radius 2 is 0.962 bits per heavy atom. The number of benzene rings is 2. The van der Waals surface area contributed by atoms with Crippen LogP contribution < -0.4 is 0 Å². The third-order valence-electron chi connectivity index (χ3n) is 4.70. The molecule has 2 heterocycles. The Labute approximate surface area is 147 Å². The van der Waals surface area contributed by atoms with Crippen LogP contribution in [-0.2, 0) is 0 Å². The predicted molar refractivity (Wildman–Crippen MR) is 89.2 cm³/mol. The summed E-state index contributed by atoms with van der Waals surface area (Å²) in [5.41, 5.74) is 1.32. The number of rotatable bonds is 2. The predicted octanol–water partition coefficient (Wildman–Crippen LogP) is 1.37. The van der Waals surface area contributed by atoms with E-state index in [9.17, 15) is 24.0 Å². The van der Waals surface area contributed by atoms with E-state index in [1.165, 1.54) is 50.5 Å². The van der Waals surface area contributed by atoms with Crippen molar-refractivity contribution in [2.45, 2.75) is 0 Å². The Morgan fingerprint density at radius 1 is 0.615 bits per heavy atom. The molecule has 0 fully saturated rings. The molecule has 0 spiro atoms. The third-order valence-corrected chi connectivity index (χ3v) is 4.70. The van der Waals surface area contributed by atoms with Crippen LogP contribution in [0.4, 0.5) is 0 Å². The van der Waals surface area contributed by atoms with Gasteiger partial charge < -0.3 is 0 Å². The van der Waals surface area contributed by atoms with Gasteiger partial charge in [0.2, 0.25) is 0 Å². The first-order valence-electron chi connectivity index (χ1n) is 7.79. The SMILES string of the molecule is CN1C(=O)c2ccc(C(=O)c3ccc4c(c3)C(=O)N(C)C4=O)cc2C1=O. The van der Waals surface area contributed by atoms with Crippen LogP contribution in [0.2, 0.25) is 0 Å². The van der Waals surface area contributed by atoms with Gasteiger partial charge in [0.15, 0.2) is 5.78 Å². The molecular weight excluding hydrogens is 336 g/mol. The summed E-state index contributed by atoms with van der Waals surface area (Å²) in [4.78, 5) is 62.8. The second-order valence-electron chi connectivity index (χ2n) is 6.19. The van der Waals surface area contributed by atoms with Gasteiger partial charge in [0, 0.05) is 25.2 Å². The minimum Gasteiger partial charge on any atom is -0.289 e. The molecule has 2 aliphatic rings. The standard InChI is InChI=1S/C19H12N2O5/c1-20-16(23)11-5-3-9(7-13(11)18(20)25)15(22)10-4-6-12-14(8-10)19(26)21(2)17(12)24/h3-8H,1-2H3. The van der Waals surface area contributed by atoms with Gasteiger partial charge >= 0.3 is 0 Å². The Balaban J connectivity index is 1.75.